The molecule has 1 aromatic rings. The van der Waals surface area contributed by atoms with Gasteiger partial charge in [-0.3, -0.25) is 4.79 Å². The molecule has 3 rings (SSSR count). The molecule has 1 heterocycles. The summed E-state index contributed by atoms with van der Waals surface area (Å²) >= 11 is 0. The van der Waals surface area contributed by atoms with E-state index in [1.54, 1.807) is 12.1 Å². The normalized spacial score (nSPS) is 21.8. The van der Waals surface area contributed by atoms with Crippen molar-refractivity contribution in [2.24, 2.45) is 5.73 Å². The molecule has 0 aromatic heterocycles. The van der Waals surface area contributed by atoms with Crippen molar-refractivity contribution in [2.75, 3.05) is 13.1 Å². The first-order valence-corrected chi connectivity index (χ1v) is 8.07. The van der Waals surface area contributed by atoms with Crippen molar-refractivity contribution in [3.8, 4) is 5.75 Å². The highest BCUT2D eigenvalue weighted by Gasteiger charge is 2.40. The van der Waals surface area contributed by atoms with E-state index >= 15 is 0 Å². The summed E-state index contributed by atoms with van der Waals surface area (Å²) in [6, 6.07) is 6.07. The predicted molar refractivity (Wildman–Crippen MR) is 82.0 cm³/mol. The maximum atomic E-state index is 12.9. The fourth-order valence-corrected chi connectivity index (χ4v) is 3.42. The molecule has 1 aliphatic carbocycles. The Hall–Kier alpha value is -1.62. The lowest BCUT2D eigenvalue weighted by atomic mass is 9.95. The molecule has 0 spiro atoms. The summed E-state index contributed by atoms with van der Waals surface area (Å²) in [5.41, 5.74) is 5.61. The fraction of sp³-hybridized carbons (Fsp3) is 0.588. The number of amides is 1. The highest BCUT2D eigenvalue weighted by Crippen LogP contribution is 2.30. The summed E-state index contributed by atoms with van der Waals surface area (Å²) in [6.07, 6.45) is 5.36. The summed E-state index contributed by atoms with van der Waals surface area (Å²) in [7, 11) is 0. The van der Waals surface area contributed by atoms with Gasteiger partial charge in [0.25, 0.3) is 0 Å². The highest BCUT2D eigenvalue weighted by molar-refractivity contribution is 5.86. The molecule has 0 bridgehead atoms. The number of piperidine rings is 1. The van der Waals surface area contributed by atoms with Crippen LogP contribution in [-0.4, -0.2) is 35.5 Å². The molecule has 2 N–H and O–H groups in total. The van der Waals surface area contributed by atoms with Crippen molar-refractivity contribution < 1.29 is 13.9 Å². The Morgan fingerprint density at radius 2 is 1.77 bits per heavy atom. The Morgan fingerprint density at radius 3 is 2.36 bits per heavy atom. The number of nitrogens with two attached hydrogens (primary N) is 1. The van der Waals surface area contributed by atoms with Gasteiger partial charge in [-0.15, -0.1) is 0 Å². The standard InChI is InChI=1S/C17H23FN2O2/c18-13-3-5-14(6-4-13)22-15-7-11-20(12-8-15)16(21)17(19)9-1-2-10-17/h3-6,15H,1-2,7-12,19H2. The van der Waals surface area contributed by atoms with E-state index < -0.39 is 5.54 Å². The molecule has 1 aliphatic heterocycles. The van der Waals surface area contributed by atoms with Gasteiger partial charge >= 0.3 is 0 Å². The van der Waals surface area contributed by atoms with Gasteiger partial charge in [0.05, 0.1) is 5.54 Å². The van der Waals surface area contributed by atoms with Crippen LogP contribution in [0.15, 0.2) is 24.3 Å². The lowest BCUT2D eigenvalue weighted by Crippen LogP contribution is -2.56. The number of likely N-dealkylation sites (tertiary alicyclic amines) is 1. The second-order valence-corrected chi connectivity index (χ2v) is 6.43. The maximum Gasteiger partial charge on any atom is 0.242 e. The van der Waals surface area contributed by atoms with E-state index in [-0.39, 0.29) is 17.8 Å². The van der Waals surface area contributed by atoms with Gasteiger partial charge in [0.1, 0.15) is 17.7 Å². The average molecular weight is 306 g/mol. The molecule has 2 aliphatic rings. The number of benzene rings is 1. The SMILES string of the molecule is NC1(C(=O)N2CCC(Oc3ccc(F)cc3)CC2)CCCC1. The van der Waals surface area contributed by atoms with Gasteiger partial charge < -0.3 is 15.4 Å². The van der Waals surface area contributed by atoms with E-state index in [0.29, 0.717) is 18.8 Å². The van der Waals surface area contributed by atoms with E-state index in [2.05, 4.69) is 0 Å². The van der Waals surface area contributed by atoms with Crippen molar-refractivity contribution >= 4 is 5.91 Å². The number of ether oxygens (including phenoxy) is 1. The molecule has 0 atom stereocenters. The second-order valence-electron chi connectivity index (χ2n) is 6.43. The molecule has 0 radical (unpaired) electrons. The molecule has 1 saturated heterocycles. The third-order valence-corrected chi connectivity index (χ3v) is 4.77. The summed E-state index contributed by atoms with van der Waals surface area (Å²) in [5.74, 6) is 0.514. The number of rotatable bonds is 3. The largest absolute Gasteiger partial charge is 0.490 e. The first-order valence-electron chi connectivity index (χ1n) is 8.07. The van der Waals surface area contributed by atoms with Crippen molar-refractivity contribution in [3.63, 3.8) is 0 Å². The van der Waals surface area contributed by atoms with Crippen LogP contribution in [0.2, 0.25) is 0 Å². The lowest BCUT2D eigenvalue weighted by Gasteiger charge is -2.36. The molecule has 2 fully saturated rings. The minimum Gasteiger partial charge on any atom is -0.490 e. The van der Waals surface area contributed by atoms with Crippen LogP contribution in [0.25, 0.3) is 0 Å². The molecule has 5 heteroatoms. The number of hydrogen-bond acceptors (Lipinski definition) is 3. The van der Waals surface area contributed by atoms with Crippen LogP contribution in [0.1, 0.15) is 38.5 Å². The van der Waals surface area contributed by atoms with Crippen molar-refractivity contribution in [3.05, 3.63) is 30.1 Å². The van der Waals surface area contributed by atoms with E-state index in [1.165, 1.54) is 12.1 Å². The molecular formula is C17H23FN2O2. The maximum absolute atomic E-state index is 12.9. The van der Waals surface area contributed by atoms with Crippen LogP contribution in [0.4, 0.5) is 4.39 Å². The Labute approximate surface area is 130 Å². The highest BCUT2D eigenvalue weighted by atomic mass is 19.1. The lowest BCUT2D eigenvalue weighted by molar-refractivity contribution is -0.138. The zero-order chi connectivity index (χ0) is 15.6. The quantitative estimate of drug-likeness (QED) is 0.933. The topological polar surface area (TPSA) is 55.6 Å². The molecule has 120 valence electrons. The average Bonchev–Trinajstić information content (AvgIpc) is 2.98. The van der Waals surface area contributed by atoms with E-state index in [1.807, 2.05) is 4.90 Å². The van der Waals surface area contributed by atoms with E-state index in [9.17, 15) is 9.18 Å². The third-order valence-electron chi connectivity index (χ3n) is 4.77. The number of carbonyl (C=O) groups is 1. The van der Waals surface area contributed by atoms with Crippen molar-refractivity contribution in [2.45, 2.75) is 50.2 Å². The zero-order valence-electron chi connectivity index (χ0n) is 12.8. The summed E-state index contributed by atoms with van der Waals surface area (Å²) < 4.78 is 18.7. The van der Waals surface area contributed by atoms with Crippen LogP contribution in [0.5, 0.6) is 5.75 Å². The third kappa shape index (κ3) is 3.24. The Kier molecular flexibility index (Phi) is 4.34. The monoisotopic (exact) mass is 306 g/mol. The molecule has 22 heavy (non-hydrogen) atoms. The van der Waals surface area contributed by atoms with Crippen LogP contribution >= 0.6 is 0 Å². The number of nitrogens with zero attached hydrogens (tertiary/aromatic N) is 1. The molecule has 4 nitrogen and oxygen atoms in total. The number of halogens is 1. The molecule has 1 amide bonds. The summed E-state index contributed by atoms with van der Waals surface area (Å²) in [5, 5.41) is 0. The molecule has 0 unspecified atom stereocenters. The summed E-state index contributed by atoms with van der Waals surface area (Å²) in [4.78, 5) is 14.4. The van der Waals surface area contributed by atoms with Crippen LogP contribution in [-0.2, 0) is 4.79 Å². The van der Waals surface area contributed by atoms with E-state index in [4.69, 9.17) is 10.5 Å². The van der Waals surface area contributed by atoms with Gasteiger partial charge in [0.2, 0.25) is 5.91 Å². The zero-order valence-corrected chi connectivity index (χ0v) is 12.8. The number of carbonyl (C=O) groups excluding carboxylic acids is 1. The van der Waals surface area contributed by atoms with Gasteiger partial charge in [0.15, 0.2) is 0 Å². The Morgan fingerprint density at radius 1 is 1.18 bits per heavy atom. The first kappa shape index (κ1) is 15.3. The van der Waals surface area contributed by atoms with Crippen molar-refractivity contribution in [1.29, 1.82) is 0 Å². The van der Waals surface area contributed by atoms with Crippen LogP contribution < -0.4 is 10.5 Å². The van der Waals surface area contributed by atoms with Gasteiger partial charge in [-0.25, -0.2) is 4.39 Å². The minimum absolute atomic E-state index is 0.0758. The smallest absolute Gasteiger partial charge is 0.242 e. The molecular weight excluding hydrogens is 283 g/mol. The fourth-order valence-electron chi connectivity index (χ4n) is 3.42. The first-order chi connectivity index (χ1) is 10.6. The van der Waals surface area contributed by atoms with Gasteiger partial charge in [-0.05, 0) is 37.1 Å². The minimum atomic E-state index is -0.634. The number of hydrogen-bond donors (Lipinski definition) is 1. The van der Waals surface area contributed by atoms with Crippen LogP contribution in [0.3, 0.4) is 0 Å². The van der Waals surface area contributed by atoms with Gasteiger partial charge in [-0.1, -0.05) is 12.8 Å². The molecule has 1 saturated carbocycles. The van der Waals surface area contributed by atoms with Crippen LogP contribution in [0, 0.1) is 5.82 Å². The summed E-state index contributed by atoms with van der Waals surface area (Å²) in [6.45, 7) is 1.37. The Balaban J connectivity index is 1.52. The second kappa shape index (κ2) is 6.24. The van der Waals surface area contributed by atoms with E-state index in [0.717, 1.165) is 38.5 Å². The predicted octanol–water partition coefficient (Wildman–Crippen LogP) is 2.47. The Bertz CT molecular complexity index is 518. The van der Waals surface area contributed by atoms with Crippen molar-refractivity contribution in [1.82, 2.24) is 4.90 Å². The van der Waals surface area contributed by atoms with Gasteiger partial charge in [0, 0.05) is 25.9 Å². The van der Waals surface area contributed by atoms with Gasteiger partial charge in [-0.2, -0.15) is 0 Å². The molecule has 1 aromatic carbocycles.